The van der Waals surface area contributed by atoms with Gasteiger partial charge in [0.2, 0.25) is 76.8 Å². The van der Waals surface area contributed by atoms with Crippen LogP contribution in [0.2, 0.25) is 0 Å². The Morgan fingerprint density at radius 1 is 0.429 bits per heavy atom. The van der Waals surface area contributed by atoms with Crippen LogP contribution in [0.15, 0.2) is 0 Å². The van der Waals surface area contributed by atoms with Crippen LogP contribution >= 0.6 is 0 Å². The van der Waals surface area contributed by atoms with Gasteiger partial charge in [-0.15, -0.1) is 0 Å². The summed E-state index contributed by atoms with van der Waals surface area (Å²) in [6.07, 6.45) is 6.31. The predicted octanol–water partition coefficient (Wildman–Crippen LogP) is -3.00. The Balaban J connectivity index is 3.77. The van der Waals surface area contributed by atoms with Gasteiger partial charge in [-0.2, -0.15) is 0 Å². The number of carbonyl (C=O) groups excluding carboxylic acids is 13. The summed E-state index contributed by atoms with van der Waals surface area (Å²) in [4.78, 5) is 174. The zero-order valence-electron chi connectivity index (χ0n) is 53.8. The average Bonchev–Trinajstić information content (AvgIpc) is 2.42. The van der Waals surface area contributed by atoms with Crippen molar-refractivity contribution in [2.24, 2.45) is 17.2 Å². The number of unbranched alkanes of at least 4 members (excludes halogenated alkanes) is 14. The normalized spacial score (nSPS) is 23.7. The molecule has 0 aliphatic carbocycles. The molecule has 0 bridgehead atoms. The summed E-state index contributed by atoms with van der Waals surface area (Å²) in [5.41, 5.74) is 16.1. The molecule has 1 saturated heterocycles. The average molecular weight is 1300 g/mol. The number of amides is 13. The van der Waals surface area contributed by atoms with E-state index in [-0.39, 0.29) is 25.8 Å². The van der Waals surface area contributed by atoms with E-state index >= 15 is 0 Å². The Morgan fingerprint density at radius 2 is 0.824 bits per heavy atom. The highest BCUT2D eigenvalue weighted by molar-refractivity contribution is 6.00. The molecule has 1 heterocycles. The van der Waals surface area contributed by atoms with E-state index in [1.165, 1.54) is 0 Å². The van der Waals surface area contributed by atoms with E-state index in [1.54, 1.807) is 0 Å². The fourth-order valence-corrected chi connectivity index (χ4v) is 9.88. The zero-order valence-corrected chi connectivity index (χ0v) is 53.8. The third kappa shape index (κ3) is 35.9. The van der Waals surface area contributed by atoms with E-state index in [2.05, 4.69) is 67.0 Å². The van der Waals surface area contributed by atoms with Crippen LogP contribution in [0.4, 0.5) is 0 Å². The number of rotatable bonds is 34. The van der Waals surface area contributed by atoms with E-state index in [9.17, 15) is 87.9 Å². The second-order valence-electron chi connectivity index (χ2n) is 23.7. The van der Waals surface area contributed by atoms with Gasteiger partial charge in [-0.1, -0.05) is 123 Å². The molecule has 0 aromatic heterocycles. The Morgan fingerprint density at radius 3 is 1.32 bits per heavy atom. The standard InChI is InChI=1S/C60H107N13O18/c1-6-8-10-12-13-14-16-21-25-39(77)27-28-41-54(85)65-34-49(82)64-30-29-48(81)67-40(26-22-18-15-17-20-24-38(76)23-19-11-9-7-2)55(86)70-44(33-47(62)80)57(88)71-43(32-46(61)79)56(87)66-35(3)53(84)69-42(31-45(78)52(63)83)58(89)72-51(37(5)75)60(91)73-50(36(4)74)59(90)68-41/h35-45,50-51,74-78H,6-34H2,1-5H3,(H2,61,79)(H2,62,80)(H2,63,83)(H,64,82)(H,65,85)(H,66,87)(H,67,81)(H,68,90)(H,69,84)(H,70,86)(H,71,88)(H,72,89)(H,73,91). The minimum Gasteiger partial charge on any atom is -0.393 e. The maximum atomic E-state index is 14.1. The highest BCUT2D eigenvalue weighted by Crippen LogP contribution is 2.17. The van der Waals surface area contributed by atoms with Crippen LogP contribution in [0.3, 0.4) is 0 Å². The molecule has 0 saturated carbocycles. The van der Waals surface area contributed by atoms with Gasteiger partial charge >= 0.3 is 0 Å². The molecule has 0 aromatic rings. The maximum Gasteiger partial charge on any atom is 0.246 e. The van der Waals surface area contributed by atoms with Gasteiger partial charge in [0, 0.05) is 19.4 Å². The third-order valence-electron chi connectivity index (χ3n) is 15.4. The minimum atomic E-state index is -2.15. The number of aliphatic hydroxyl groups excluding tert-OH is 5. The van der Waals surface area contributed by atoms with Crippen LogP contribution < -0.4 is 70.4 Å². The summed E-state index contributed by atoms with van der Waals surface area (Å²) < 4.78 is 0. The van der Waals surface area contributed by atoms with E-state index in [1.807, 2.05) is 0 Å². The quantitative estimate of drug-likeness (QED) is 0.0286. The first-order valence-corrected chi connectivity index (χ1v) is 32.2. The van der Waals surface area contributed by atoms with Gasteiger partial charge < -0.3 is 95.9 Å². The molecule has 1 aliphatic heterocycles. The summed E-state index contributed by atoms with van der Waals surface area (Å²) in [5.74, 6) is -14.9. The first-order valence-electron chi connectivity index (χ1n) is 32.2. The van der Waals surface area contributed by atoms with E-state index in [4.69, 9.17) is 17.2 Å². The van der Waals surface area contributed by atoms with E-state index in [0.29, 0.717) is 44.9 Å². The second kappa shape index (κ2) is 46.0. The number of nitrogens with two attached hydrogens (primary N) is 3. The molecule has 13 amide bonds. The van der Waals surface area contributed by atoms with Gasteiger partial charge in [0.1, 0.15) is 54.4 Å². The first-order chi connectivity index (χ1) is 43.0. The smallest absolute Gasteiger partial charge is 0.246 e. The van der Waals surface area contributed by atoms with Gasteiger partial charge in [0.05, 0.1) is 43.8 Å². The molecule has 13 unspecified atom stereocenters. The fourth-order valence-electron chi connectivity index (χ4n) is 9.88. The van der Waals surface area contributed by atoms with Crippen molar-refractivity contribution in [2.45, 2.75) is 287 Å². The van der Waals surface area contributed by atoms with Crippen LogP contribution in [0.25, 0.3) is 0 Å². The number of carbonyl (C=O) groups is 13. The molecule has 520 valence electrons. The van der Waals surface area contributed by atoms with E-state index in [0.717, 1.165) is 104 Å². The summed E-state index contributed by atoms with van der Waals surface area (Å²) in [6, 6.07) is -14.4. The van der Waals surface area contributed by atoms with Crippen LogP contribution in [-0.2, 0) is 62.3 Å². The number of primary amides is 3. The monoisotopic (exact) mass is 1300 g/mol. The van der Waals surface area contributed by atoms with E-state index < -0.39 is 188 Å². The van der Waals surface area contributed by atoms with Crippen molar-refractivity contribution < 1.29 is 87.9 Å². The molecule has 0 spiro atoms. The van der Waals surface area contributed by atoms with Crippen molar-refractivity contribution in [2.75, 3.05) is 13.1 Å². The summed E-state index contributed by atoms with van der Waals surface area (Å²) >= 11 is 0. The lowest BCUT2D eigenvalue weighted by atomic mass is 10.0. The topological polar surface area (TPSA) is 521 Å². The van der Waals surface area contributed by atoms with Crippen molar-refractivity contribution in [3.05, 3.63) is 0 Å². The fraction of sp³-hybridized carbons (Fsp3) is 0.783. The van der Waals surface area contributed by atoms with Crippen molar-refractivity contribution in [1.29, 1.82) is 0 Å². The highest BCUT2D eigenvalue weighted by Gasteiger charge is 2.38. The van der Waals surface area contributed by atoms with Crippen molar-refractivity contribution >= 4 is 76.8 Å². The molecule has 31 nitrogen and oxygen atoms in total. The zero-order chi connectivity index (χ0) is 68.6. The summed E-state index contributed by atoms with van der Waals surface area (Å²) in [7, 11) is 0. The van der Waals surface area contributed by atoms with Gasteiger partial charge in [-0.25, -0.2) is 0 Å². The molecule has 1 rings (SSSR count). The number of nitrogens with one attached hydrogen (secondary N) is 10. The molecule has 0 aromatic carbocycles. The Hall–Kier alpha value is -7.09. The number of hydrogen-bond donors (Lipinski definition) is 18. The molecular weight excluding hydrogens is 1190 g/mol. The van der Waals surface area contributed by atoms with Crippen molar-refractivity contribution in [3.8, 4) is 0 Å². The van der Waals surface area contributed by atoms with Gasteiger partial charge in [0.25, 0.3) is 0 Å². The Labute approximate surface area is 533 Å². The number of hydrogen-bond acceptors (Lipinski definition) is 18. The molecule has 31 heteroatoms. The molecule has 0 radical (unpaired) electrons. The first kappa shape index (κ1) is 81.9. The lowest BCUT2D eigenvalue weighted by Crippen LogP contribution is -2.63. The predicted molar refractivity (Wildman–Crippen MR) is 332 cm³/mol. The minimum absolute atomic E-state index is 0.0169. The third-order valence-corrected chi connectivity index (χ3v) is 15.4. The summed E-state index contributed by atoms with van der Waals surface area (Å²) in [5, 5.41) is 76.6. The summed E-state index contributed by atoms with van der Waals surface area (Å²) in [6.45, 7) is 6.34. The van der Waals surface area contributed by atoms with Crippen molar-refractivity contribution in [1.82, 2.24) is 53.2 Å². The largest absolute Gasteiger partial charge is 0.393 e. The lowest BCUT2D eigenvalue weighted by molar-refractivity contribution is -0.139. The maximum absolute atomic E-state index is 14.1. The SMILES string of the molecule is CCCCCCCCCCC(O)CCC1NC(=O)C(C(C)O)NC(=O)C(C(C)O)NC(=O)C(CC(O)C(N)=O)NC(=O)C(C)NC(=O)C(CC(N)=O)NC(=O)C(CC(N)=O)NC(=O)C(CCCCCCCC(O)CCCCCC)NC(=O)CCNC(=O)CNC1=O. The highest BCUT2D eigenvalue weighted by atomic mass is 16.3. The lowest BCUT2D eigenvalue weighted by Gasteiger charge is -2.29. The Kier molecular flexibility index (Phi) is 41.5. The Bertz CT molecular complexity index is 2330. The van der Waals surface area contributed by atoms with Gasteiger partial charge in [-0.05, 0) is 59.3 Å². The molecule has 21 N–H and O–H groups in total. The molecule has 91 heavy (non-hydrogen) atoms. The van der Waals surface area contributed by atoms with Gasteiger partial charge in [-0.3, -0.25) is 62.3 Å². The van der Waals surface area contributed by atoms with Crippen molar-refractivity contribution in [3.63, 3.8) is 0 Å². The van der Waals surface area contributed by atoms with Crippen LogP contribution in [0, 0.1) is 0 Å². The molecular formula is C60H107N13O18. The second-order valence-corrected chi connectivity index (χ2v) is 23.7. The van der Waals surface area contributed by atoms with Gasteiger partial charge in [0.15, 0.2) is 0 Å². The molecule has 13 atom stereocenters. The van der Waals surface area contributed by atoms with Crippen LogP contribution in [-0.4, -0.2) is 194 Å². The van der Waals surface area contributed by atoms with Crippen LogP contribution in [0.5, 0.6) is 0 Å². The molecule has 1 aliphatic rings. The molecule has 1 fully saturated rings. The number of aliphatic hydroxyl groups is 5. The van der Waals surface area contributed by atoms with Crippen LogP contribution in [0.1, 0.15) is 208 Å².